The van der Waals surface area contributed by atoms with Crippen LogP contribution in [0.5, 0.6) is 0 Å². The monoisotopic (exact) mass is 244 g/mol. The van der Waals surface area contributed by atoms with Crippen LogP contribution in [-0.4, -0.2) is 6.61 Å². The van der Waals surface area contributed by atoms with Crippen LogP contribution in [0.1, 0.15) is 39.2 Å². The molecule has 1 rings (SSSR count). The summed E-state index contributed by atoms with van der Waals surface area (Å²) >= 11 is 0. The largest absolute Gasteiger partial charge is 0.373 e. The predicted octanol–water partition coefficient (Wildman–Crippen LogP) is 4.90. The third-order valence-electron chi connectivity index (χ3n) is 2.75. The maximum atomic E-state index is 5.63. The molecule has 0 aliphatic heterocycles. The highest BCUT2D eigenvalue weighted by Crippen LogP contribution is 2.07. The van der Waals surface area contributed by atoms with Crippen molar-refractivity contribution in [1.82, 2.24) is 0 Å². The van der Waals surface area contributed by atoms with Crippen LogP contribution in [0.4, 0.5) is 0 Å². The number of benzene rings is 1. The Balaban J connectivity index is 2.18. The number of hydrogen-bond acceptors (Lipinski definition) is 1. The molecule has 0 saturated carbocycles. The van der Waals surface area contributed by atoms with Crippen molar-refractivity contribution in [3.8, 4) is 0 Å². The summed E-state index contributed by atoms with van der Waals surface area (Å²) < 4.78 is 5.63. The first-order chi connectivity index (χ1) is 8.68. The van der Waals surface area contributed by atoms with Gasteiger partial charge in [-0.1, -0.05) is 53.6 Å². The number of ether oxygens (including phenoxy) is 1. The van der Waals surface area contributed by atoms with Gasteiger partial charge in [-0.15, -0.1) is 0 Å². The van der Waals surface area contributed by atoms with E-state index in [0.717, 1.165) is 12.8 Å². The summed E-state index contributed by atoms with van der Waals surface area (Å²) in [5.41, 5.74) is 4.02. The summed E-state index contributed by atoms with van der Waals surface area (Å²) in [5.74, 6) is 0. The van der Waals surface area contributed by atoms with Crippen molar-refractivity contribution in [2.24, 2.45) is 0 Å². The molecule has 98 valence electrons. The van der Waals surface area contributed by atoms with Gasteiger partial charge in [0.1, 0.15) is 0 Å². The average molecular weight is 244 g/mol. The van der Waals surface area contributed by atoms with Gasteiger partial charge in [0.25, 0.3) is 0 Å². The Labute approximate surface area is 111 Å². The highest BCUT2D eigenvalue weighted by Gasteiger charge is 1.91. The molecule has 1 aromatic carbocycles. The van der Waals surface area contributed by atoms with Gasteiger partial charge < -0.3 is 4.74 Å². The predicted molar refractivity (Wildman–Crippen MR) is 78.5 cm³/mol. The van der Waals surface area contributed by atoms with Gasteiger partial charge in [-0.2, -0.15) is 0 Å². The van der Waals surface area contributed by atoms with E-state index >= 15 is 0 Å². The van der Waals surface area contributed by atoms with Crippen molar-refractivity contribution in [1.29, 1.82) is 0 Å². The van der Waals surface area contributed by atoms with E-state index in [4.69, 9.17) is 4.74 Å². The fourth-order valence-electron chi connectivity index (χ4n) is 1.64. The van der Waals surface area contributed by atoms with Gasteiger partial charge >= 0.3 is 0 Å². The lowest BCUT2D eigenvalue weighted by molar-refractivity contribution is 0.148. The summed E-state index contributed by atoms with van der Waals surface area (Å²) in [5, 5.41) is 0. The molecule has 0 spiro atoms. The Hall–Kier alpha value is -1.34. The van der Waals surface area contributed by atoms with Gasteiger partial charge in [-0.05, 0) is 39.2 Å². The maximum Gasteiger partial charge on any atom is 0.0721 e. The first-order valence-electron chi connectivity index (χ1n) is 6.59. The fourth-order valence-corrected chi connectivity index (χ4v) is 1.64. The van der Waals surface area contributed by atoms with Gasteiger partial charge in [-0.3, -0.25) is 0 Å². The minimum Gasteiger partial charge on any atom is -0.373 e. The van der Waals surface area contributed by atoms with Crippen molar-refractivity contribution in [3.05, 3.63) is 59.2 Å². The van der Waals surface area contributed by atoms with Crippen LogP contribution in [0.15, 0.2) is 53.6 Å². The summed E-state index contributed by atoms with van der Waals surface area (Å²) in [7, 11) is 0. The molecular formula is C17H24O. The molecule has 0 saturated heterocycles. The van der Waals surface area contributed by atoms with Crippen LogP contribution in [-0.2, 0) is 11.3 Å². The molecule has 1 aromatic rings. The van der Waals surface area contributed by atoms with E-state index in [2.05, 4.69) is 45.1 Å². The second-order valence-corrected chi connectivity index (χ2v) is 4.87. The Morgan fingerprint density at radius 2 is 1.78 bits per heavy atom. The minimum absolute atomic E-state index is 0.693. The molecule has 0 aliphatic rings. The normalized spacial score (nSPS) is 11.4. The summed E-state index contributed by atoms with van der Waals surface area (Å²) in [4.78, 5) is 0. The van der Waals surface area contributed by atoms with E-state index in [-0.39, 0.29) is 0 Å². The molecule has 0 bridgehead atoms. The molecule has 0 fully saturated rings. The molecule has 1 nitrogen and oxygen atoms in total. The van der Waals surface area contributed by atoms with Gasteiger partial charge in [0.05, 0.1) is 13.2 Å². The molecule has 1 heteroatoms. The maximum absolute atomic E-state index is 5.63. The van der Waals surface area contributed by atoms with Crippen molar-refractivity contribution in [3.63, 3.8) is 0 Å². The van der Waals surface area contributed by atoms with Gasteiger partial charge in [0, 0.05) is 0 Å². The van der Waals surface area contributed by atoms with Crippen molar-refractivity contribution >= 4 is 0 Å². The molecular weight excluding hydrogens is 220 g/mol. The van der Waals surface area contributed by atoms with Crippen molar-refractivity contribution in [2.45, 2.75) is 40.2 Å². The second-order valence-electron chi connectivity index (χ2n) is 4.87. The van der Waals surface area contributed by atoms with Gasteiger partial charge in [-0.25, -0.2) is 0 Å². The Kier molecular flexibility index (Phi) is 7.12. The highest BCUT2D eigenvalue weighted by molar-refractivity contribution is 5.13. The van der Waals surface area contributed by atoms with Crippen LogP contribution in [0.25, 0.3) is 0 Å². The first kappa shape index (κ1) is 14.7. The smallest absolute Gasteiger partial charge is 0.0721 e. The van der Waals surface area contributed by atoms with E-state index in [0.29, 0.717) is 13.2 Å². The van der Waals surface area contributed by atoms with E-state index in [1.54, 1.807) is 0 Å². The summed E-state index contributed by atoms with van der Waals surface area (Å²) in [6.45, 7) is 7.85. The average Bonchev–Trinajstić information content (AvgIpc) is 2.35. The first-order valence-corrected chi connectivity index (χ1v) is 6.59. The topological polar surface area (TPSA) is 9.23 Å². The van der Waals surface area contributed by atoms with E-state index in [1.165, 1.54) is 16.7 Å². The lowest BCUT2D eigenvalue weighted by Gasteiger charge is -2.03. The Morgan fingerprint density at radius 1 is 1.06 bits per heavy atom. The quantitative estimate of drug-likeness (QED) is 0.490. The molecule has 0 atom stereocenters. The number of allylic oxidation sites excluding steroid dienone is 3. The van der Waals surface area contributed by atoms with Crippen LogP contribution >= 0.6 is 0 Å². The molecule has 0 N–H and O–H groups in total. The third kappa shape index (κ3) is 7.08. The number of hydrogen-bond donors (Lipinski definition) is 0. The SMILES string of the molecule is CC(C)=CCCC(C)=CCOCc1ccccc1. The molecule has 0 unspecified atom stereocenters. The van der Waals surface area contributed by atoms with E-state index < -0.39 is 0 Å². The zero-order valence-electron chi connectivity index (χ0n) is 11.8. The van der Waals surface area contributed by atoms with E-state index in [1.807, 2.05) is 18.2 Å². The van der Waals surface area contributed by atoms with Gasteiger partial charge in [0.2, 0.25) is 0 Å². The second kappa shape index (κ2) is 8.71. The van der Waals surface area contributed by atoms with Crippen LogP contribution in [0.3, 0.4) is 0 Å². The molecule has 0 aliphatic carbocycles. The molecule has 18 heavy (non-hydrogen) atoms. The lowest BCUT2D eigenvalue weighted by atomic mass is 10.1. The Bertz CT molecular complexity index is 383. The van der Waals surface area contributed by atoms with E-state index in [9.17, 15) is 0 Å². The molecule has 0 heterocycles. The lowest BCUT2D eigenvalue weighted by Crippen LogP contribution is -1.93. The van der Waals surface area contributed by atoms with Crippen LogP contribution in [0.2, 0.25) is 0 Å². The van der Waals surface area contributed by atoms with Crippen molar-refractivity contribution in [2.75, 3.05) is 6.61 Å². The van der Waals surface area contributed by atoms with Crippen LogP contribution in [0, 0.1) is 0 Å². The highest BCUT2D eigenvalue weighted by atomic mass is 16.5. The third-order valence-corrected chi connectivity index (χ3v) is 2.75. The van der Waals surface area contributed by atoms with Gasteiger partial charge in [0.15, 0.2) is 0 Å². The van der Waals surface area contributed by atoms with Crippen molar-refractivity contribution < 1.29 is 4.74 Å². The summed E-state index contributed by atoms with van der Waals surface area (Å²) in [6, 6.07) is 10.3. The fraction of sp³-hybridized carbons (Fsp3) is 0.412. The minimum atomic E-state index is 0.693. The Morgan fingerprint density at radius 3 is 2.44 bits per heavy atom. The number of rotatable bonds is 7. The van der Waals surface area contributed by atoms with Crippen LogP contribution < -0.4 is 0 Å². The molecule has 0 amide bonds. The molecule has 0 radical (unpaired) electrons. The molecule has 0 aromatic heterocycles. The zero-order valence-corrected chi connectivity index (χ0v) is 11.8. The standard InChI is InChI=1S/C17H24O/c1-15(2)8-7-9-16(3)12-13-18-14-17-10-5-4-6-11-17/h4-6,8,10-12H,7,9,13-14H2,1-3H3. The zero-order chi connectivity index (χ0) is 13.2. The summed E-state index contributed by atoms with van der Waals surface area (Å²) in [6.07, 6.45) is 6.72.